The van der Waals surface area contributed by atoms with Crippen LogP contribution < -0.4 is 5.32 Å². The third-order valence-corrected chi connectivity index (χ3v) is 4.45. The third-order valence-electron chi connectivity index (χ3n) is 3.37. The number of morpholine rings is 1. The Labute approximate surface area is 123 Å². The van der Waals surface area contributed by atoms with Crippen LogP contribution in [0.4, 0.5) is 4.39 Å². The van der Waals surface area contributed by atoms with E-state index in [1.165, 1.54) is 23.5 Å². The number of benzene rings is 1. The Morgan fingerprint density at radius 1 is 1.33 bits per heavy atom. The molecule has 21 heavy (non-hydrogen) atoms. The van der Waals surface area contributed by atoms with Gasteiger partial charge in [-0.25, -0.2) is 4.39 Å². The van der Waals surface area contributed by atoms with Crippen molar-refractivity contribution in [1.82, 2.24) is 15.5 Å². The molecule has 0 radical (unpaired) electrons. The smallest absolute Gasteiger partial charge is 0.268 e. The lowest BCUT2D eigenvalue weighted by molar-refractivity contribution is 0.0734. The highest BCUT2D eigenvalue weighted by molar-refractivity contribution is 7.22. The fraction of sp³-hybridized carbons (Fsp3) is 0.286. The van der Waals surface area contributed by atoms with E-state index in [4.69, 9.17) is 9.26 Å². The number of fused-ring (bicyclic) bond motifs is 1. The second kappa shape index (κ2) is 5.18. The van der Waals surface area contributed by atoms with Gasteiger partial charge in [-0.1, -0.05) is 11.2 Å². The van der Waals surface area contributed by atoms with Crippen molar-refractivity contribution in [2.24, 2.45) is 0 Å². The van der Waals surface area contributed by atoms with Crippen molar-refractivity contribution in [3.63, 3.8) is 0 Å². The lowest BCUT2D eigenvalue weighted by Gasteiger charge is -2.20. The molecular weight excluding hydrogens is 293 g/mol. The molecule has 2 aromatic heterocycles. The van der Waals surface area contributed by atoms with Gasteiger partial charge in [0.1, 0.15) is 5.82 Å². The van der Waals surface area contributed by atoms with Crippen molar-refractivity contribution in [3.8, 4) is 10.8 Å². The monoisotopic (exact) mass is 305 g/mol. The van der Waals surface area contributed by atoms with Crippen molar-refractivity contribution in [3.05, 3.63) is 35.9 Å². The number of halogens is 1. The van der Waals surface area contributed by atoms with Crippen molar-refractivity contribution in [1.29, 1.82) is 0 Å². The molecule has 1 aromatic carbocycles. The van der Waals surface area contributed by atoms with Gasteiger partial charge in [0.25, 0.3) is 5.89 Å². The number of nitrogens with one attached hydrogen (secondary N) is 1. The third kappa shape index (κ3) is 2.44. The zero-order valence-electron chi connectivity index (χ0n) is 11.0. The maximum atomic E-state index is 13.2. The highest BCUT2D eigenvalue weighted by Crippen LogP contribution is 2.33. The molecule has 5 nitrogen and oxygen atoms in total. The highest BCUT2D eigenvalue weighted by atomic mass is 32.1. The van der Waals surface area contributed by atoms with Gasteiger partial charge in [-0.15, -0.1) is 11.3 Å². The molecule has 1 aliphatic rings. The van der Waals surface area contributed by atoms with Gasteiger partial charge >= 0.3 is 0 Å². The molecule has 0 amide bonds. The highest BCUT2D eigenvalue weighted by Gasteiger charge is 2.22. The standard InChI is InChI=1S/C14H12FN3O2S/c15-9-2-1-8-5-12(21-11(8)6-9)14-17-13(18-20-14)10-7-19-4-3-16-10/h1-2,5-6,10,16H,3-4,7H2. The molecule has 0 spiro atoms. The van der Waals surface area contributed by atoms with Crippen LogP contribution in [0.2, 0.25) is 0 Å². The molecule has 1 aliphatic heterocycles. The molecule has 7 heteroatoms. The molecule has 1 N–H and O–H groups in total. The summed E-state index contributed by atoms with van der Waals surface area (Å²) in [6.45, 7) is 2.01. The minimum absolute atomic E-state index is 0.0388. The van der Waals surface area contributed by atoms with E-state index in [0.717, 1.165) is 21.5 Å². The number of nitrogens with zero attached hydrogens (tertiary/aromatic N) is 2. The van der Waals surface area contributed by atoms with Crippen LogP contribution in [0.25, 0.3) is 20.9 Å². The number of hydrogen-bond donors (Lipinski definition) is 1. The summed E-state index contributed by atoms with van der Waals surface area (Å²) >= 11 is 1.44. The fourth-order valence-electron chi connectivity index (χ4n) is 2.32. The Balaban J connectivity index is 1.67. The summed E-state index contributed by atoms with van der Waals surface area (Å²) in [5.74, 6) is 0.804. The summed E-state index contributed by atoms with van der Waals surface area (Å²) in [7, 11) is 0. The molecule has 0 aliphatic carbocycles. The van der Waals surface area contributed by atoms with E-state index in [-0.39, 0.29) is 11.9 Å². The average molecular weight is 305 g/mol. The molecule has 1 unspecified atom stereocenters. The first-order valence-electron chi connectivity index (χ1n) is 6.64. The Morgan fingerprint density at radius 3 is 3.14 bits per heavy atom. The lowest BCUT2D eigenvalue weighted by Crippen LogP contribution is -2.35. The van der Waals surface area contributed by atoms with Gasteiger partial charge in [-0.05, 0) is 23.6 Å². The molecule has 0 bridgehead atoms. The van der Waals surface area contributed by atoms with Gasteiger partial charge in [0.15, 0.2) is 5.82 Å². The van der Waals surface area contributed by atoms with E-state index in [1.54, 1.807) is 6.07 Å². The second-order valence-corrected chi connectivity index (χ2v) is 5.92. The van der Waals surface area contributed by atoms with Gasteiger partial charge in [0.2, 0.25) is 0 Å². The van der Waals surface area contributed by atoms with E-state index < -0.39 is 0 Å². The van der Waals surface area contributed by atoms with Crippen LogP contribution >= 0.6 is 11.3 Å². The summed E-state index contributed by atoms with van der Waals surface area (Å²) < 4.78 is 24.8. The van der Waals surface area contributed by atoms with Crippen molar-refractivity contribution >= 4 is 21.4 Å². The van der Waals surface area contributed by atoms with Gasteiger partial charge in [0, 0.05) is 11.2 Å². The Morgan fingerprint density at radius 2 is 2.29 bits per heavy atom. The predicted molar refractivity (Wildman–Crippen MR) is 76.6 cm³/mol. The first kappa shape index (κ1) is 12.9. The van der Waals surface area contributed by atoms with Crippen molar-refractivity contribution in [2.45, 2.75) is 6.04 Å². The summed E-state index contributed by atoms with van der Waals surface area (Å²) in [5, 5.41) is 8.25. The molecule has 3 aromatic rings. The van der Waals surface area contributed by atoms with Crippen LogP contribution in [0, 0.1) is 5.82 Å². The Bertz CT molecular complexity index is 779. The molecule has 1 fully saturated rings. The zero-order valence-corrected chi connectivity index (χ0v) is 11.8. The summed E-state index contributed by atoms with van der Waals surface area (Å²) in [6, 6.07) is 6.60. The Hall–Kier alpha value is -1.83. The SMILES string of the molecule is Fc1ccc2cc(-c3nc(C4COCCN4)no3)sc2c1. The van der Waals surface area contributed by atoms with Crippen molar-refractivity contribution < 1.29 is 13.7 Å². The van der Waals surface area contributed by atoms with Crippen molar-refractivity contribution in [2.75, 3.05) is 19.8 Å². The molecule has 3 heterocycles. The zero-order chi connectivity index (χ0) is 14.2. The second-order valence-electron chi connectivity index (χ2n) is 4.83. The van der Waals surface area contributed by atoms with Crippen LogP contribution in [-0.2, 0) is 4.74 Å². The average Bonchev–Trinajstić information content (AvgIpc) is 3.14. The summed E-state index contributed by atoms with van der Waals surface area (Å²) in [5.41, 5.74) is 0. The molecule has 1 atom stereocenters. The minimum Gasteiger partial charge on any atom is -0.378 e. The first-order valence-corrected chi connectivity index (χ1v) is 7.45. The number of aromatic nitrogens is 2. The fourth-order valence-corrected chi connectivity index (χ4v) is 3.33. The van der Waals surface area contributed by atoms with Gasteiger partial charge in [0.05, 0.1) is 24.1 Å². The van der Waals surface area contributed by atoms with E-state index in [2.05, 4.69) is 15.5 Å². The largest absolute Gasteiger partial charge is 0.378 e. The van der Waals surface area contributed by atoms with E-state index in [1.807, 2.05) is 6.07 Å². The van der Waals surface area contributed by atoms with Gasteiger partial charge < -0.3 is 14.6 Å². The number of thiophene rings is 1. The van der Waals surface area contributed by atoms with Crippen LogP contribution in [0.5, 0.6) is 0 Å². The minimum atomic E-state index is -0.245. The lowest BCUT2D eigenvalue weighted by atomic mass is 10.2. The van der Waals surface area contributed by atoms with Gasteiger partial charge in [-0.3, -0.25) is 0 Å². The van der Waals surface area contributed by atoms with E-state index in [9.17, 15) is 4.39 Å². The summed E-state index contributed by atoms with van der Waals surface area (Å²) in [6.07, 6.45) is 0. The van der Waals surface area contributed by atoms with E-state index in [0.29, 0.717) is 24.9 Å². The van der Waals surface area contributed by atoms with Crippen LogP contribution in [0.1, 0.15) is 11.9 Å². The normalized spacial score (nSPS) is 19.2. The molecular formula is C14H12FN3O2S. The molecule has 0 saturated carbocycles. The van der Waals surface area contributed by atoms with Gasteiger partial charge in [-0.2, -0.15) is 4.98 Å². The molecule has 4 rings (SSSR count). The van der Waals surface area contributed by atoms with E-state index >= 15 is 0 Å². The number of ether oxygens (including phenoxy) is 1. The quantitative estimate of drug-likeness (QED) is 0.789. The summed E-state index contributed by atoms with van der Waals surface area (Å²) in [4.78, 5) is 5.26. The number of hydrogen-bond acceptors (Lipinski definition) is 6. The maximum Gasteiger partial charge on any atom is 0.268 e. The van der Waals surface area contributed by atoms with Crippen LogP contribution in [0.3, 0.4) is 0 Å². The molecule has 108 valence electrons. The predicted octanol–water partition coefficient (Wildman–Crippen LogP) is 2.75. The molecule has 1 saturated heterocycles. The maximum absolute atomic E-state index is 13.2. The van der Waals surface area contributed by atoms with Crippen LogP contribution in [0.15, 0.2) is 28.8 Å². The Kier molecular flexibility index (Phi) is 3.17. The number of rotatable bonds is 2. The first-order chi connectivity index (χ1) is 10.3. The van der Waals surface area contributed by atoms with Crippen LogP contribution in [-0.4, -0.2) is 29.9 Å². The topological polar surface area (TPSA) is 60.2 Å².